The summed E-state index contributed by atoms with van der Waals surface area (Å²) in [6.07, 6.45) is 2.98. The molecule has 1 aromatic carbocycles. The highest BCUT2D eigenvalue weighted by atomic mass is 16.6. The fourth-order valence-electron chi connectivity index (χ4n) is 4.67. The van der Waals surface area contributed by atoms with Gasteiger partial charge in [-0.05, 0) is 18.4 Å². The van der Waals surface area contributed by atoms with Gasteiger partial charge in [0.1, 0.15) is 24.6 Å². The summed E-state index contributed by atoms with van der Waals surface area (Å²) in [7, 11) is 0. The van der Waals surface area contributed by atoms with E-state index in [4.69, 9.17) is 9.47 Å². The third kappa shape index (κ3) is 4.44. The maximum atomic E-state index is 10.4. The molecule has 2 aliphatic rings. The van der Waals surface area contributed by atoms with Crippen molar-refractivity contribution >= 4 is 17.0 Å². The van der Waals surface area contributed by atoms with Crippen LogP contribution in [0.4, 0.5) is 5.82 Å². The molecule has 0 bridgehead atoms. The van der Waals surface area contributed by atoms with Crippen LogP contribution in [0.3, 0.4) is 0 Å². The Morgan fingerprint density at radius 2 is 1.88 bits per heavy atom. The van der Waals surface area contributed by atoms with E-state index in [1.807, 2.05) is 18.2 Å². The second-order valence-electron chi connectivity index (χ2n) is 8.65. The highest BCUT2D eigenvalue weighted by Crippen LogP contribution is 2.33. The summed E-state index contributed by atoms with van der Waals surface area (Å²) in [6.45, 7) is 0.165. The van der Waals surface area contributed by atoms with E-state index in [0.717, 1.165) is 31.2 Å². The van der Waals surface area contributed by atoms with E-state index in [2.05, 4.69) is 32.4 Å². The first kappa shape index (κ1) is 22.2. The van der Waals surface area contributed by atoms with Crippen LogP contribution in [0.25, 0.3) is 11.2 Å². The molecule has 5 rings (SSSR count). The van der Waals surface area contributed by atoms with Crippen LogP contribution >= 0.6 is 0 Å². The molecule has 0 amide bonds. The van der Waals surface area contributed by atoms with Gasteiger partial charge in [0.2, 0.25) is 0 Å². The number of rotatable bonds is 7. The Bertz CT molecular complexity index is 1060. The fraction of sp³-hybridized carbons (Fsp3) is 0.522. The second kappa shape index (κ2) is 9.70. The first-order chi connectivity index (χ1) is 16.2. The Morgan fingerprint density at radius 1 is 1.06 bits per heavy atom. The van der Waals surface area contributed by atoms with Gasteiger partial charge in [-0.2, -0.15) is 0 Å². The number of aliphatic hydroxyl groups is 3. The van der Waals surface area contributed by atoms with E-state index in [-0.39, 0.29) is 12.1 Å². The lowest BCUT2D eigenvalue weighted by Crippen LogP contribution is -2.38. The standard InChI is InChI=1S/C23H29N5O5/c29-10-17-19(30)20(31)23(33-17)28-13-26-18-21(24-12-25-22(18)28)27-15-8-4-5-9-16(15)32-11-14-6-2-1-3-7-14/h1-3,6-7,12-13,15-17,19-20,23,29-31H,4-5,8-11H2,(H,24,25,27)/t15-,16-,17?,19-,20-,23-/m1/s1. The number of aromatic nitrogens is 4. The molecule has 1 unspecified atom stereocenters. The zero-order valence-corrected chi connectivity index (χ0v) is 18.2. The third-order valence-corrected chi connectivity index (χ3v) is 6.48. The minimum absolute atomic E-state index is 0.0477. The summed E-state index contributed by atoms with van der Waals surface area (Å²) < 4.78 is 13.5. The van der Waals surface area contributed by atoms with E-state index in [0.29, 0.717) is 23.6 Å². The van der Waals surface area contributed by atoms with E-state index in [1.165, 1.54) is 12.7 Å². The van der Waals surface area contributed by atoms with Gasteiger partial charge in [-0.15, -0.1) is 0 Å². The van der Waals surface area contributed by atoms with Crippen LogP contribution in [-0.4, -0.2) is 71.9 Å². The van der Waals surface area contributed by atoms with Crippen molar-refractivity contribution in [2.24, 2.45) is 0 Å². The minimum atomic E-state index is -1.21. The first-order valence-electron chi connectivity index (χ1n) is 11.4. The molecule has 1 aliphatic carbocycles. The number of hydrogen-bond donors (Lipinski definition) is 4. The predicted octanol–water partition coefficient (Wildman–Crippen LogP) is 1.38. The van der Waals surface area contributed by atoms with Crippen molar-refractivity contribution in [1.82, 2.24) is 19.5 Å². The zero-order valence-electron chi connectivity index (χ0n) is 18.2. The molecule has 10 heteroatoms. The van der Waals surface area contributed by atoms with Gasteiger partial charge < -0.3 is 30.1 Å². The van der Waals surface area contributed by atoms with Gasteiger partial charge >= 0.3 is 0 Å². The number of nitrogens with zero attached hydrogens (tertiary/aromatic N) is 4. The summed E-state index contributed by atoms with van der Waals surface area (Å²) in [5.74, 6) is 0.589. The zero-order chi connectivity index (χ0) is 22.8. The summed E-state index contributed by atoms with van der Waals surface area (Å²) >= 11 is 0. The van der Waals surface area contributed by atoms with Gasteiger partial charge in [-0.25, -0.2) is 15.0 Å². The molecule has 1 aliphatic heterocycles. The van der Waals surface area contributed by atoms with E-state index >= 15 is 0 Å². The highest BCUT2D eigenvalue weighted by Gasteiger charge is 2.44. The number of anilines is 1. The van der Waals surface area contributed by atoms with E-state index in [1.54, 1.807) is 4.57 Å². The minimum Gasteiger partial charge on any atom is -0.394 e. The van der Waals surface area contributed by atoms with Crippen molar-refractivity contribution in [1.29, 1.82) is 0 Å². The van der Waals surface area contributed by atoms with Gasteiger partial charge in [-0.1, -0.05) is 43.2 Å². The molecule has 6 atom stereocenters. The molecule has 3 aromatic rings. The Balaban J connectivity index is 1.34. The van der Waals surface area contributed by atoms with Crippen molar-refractivity contribution in [3.05, 3.63) is 48.5 Å². The summed E-state index contributed by atoms with van der Waals surface area (Å²) in [5, 5.41) is 33.4. The molecular weight excluding hydrogens is 426 g/mol. The number of hydrogen-bond acceptors (Lipinski definition) is 9. The van der Waals surface area contributed by atoms with E-state index < -0.39 is 31.1 Å². The average molecular weight is 456 g/mol. The molecular formula is C23H29N5O5. The van der Waals surface area contributed by atoms with Gasteiger partial charge in [0.25, 0.3) is 0 Å². The lowest BCUT2D eigenvalue weighted by atomic mass is 9.92. The fourth-order valence-corrected chi connectivity index (χ4v) is 4.67. The van der Waals surface area contributed by atoms with Gasteiger partial charge in [0, 0.05) is 0 Å². The lowest BCUT2D eigenvalue weighted by Gasteiger charge is -2.32. The predicted molar refractivity (Wildman–Crippen MR) is 119 cm³/mol. The van der Waals surface area contributed by atoms with Crippen molar-refractivity contribution in [3.8, 4) is 0 Å². The highest BCUT2D eigenvalue weighted by molar-refractivity contribution is 5.82. The van der Waals surface area contributed by atoms with E-state index in [9.17, 15) is 15.3 Å². The summed E-state index contributed by atoms with van der Waals surface area (Å²) in [6, 6.07) is 10.2. The monoisotopic (exact) mass is 455 g/mol. The van der Waals surface area contributed by atoms with Crippen LogP contribution in [-0.2, 0) is 16.1 Å². The number of fused-ring (bicyclic) bond motifs is 1. The Kier molecular flexibility index (Phi) is 6.52. The SMILES string of the molecule is OCC1O[C@@H](n2cnc3c(N[C@@H]4CCCC[C@H]4OCc4ccccc4)ncnc32)[C@H](O)[C@@H]1O. The van der Waals surface area contributed by atoms with Crippen LogP contribution in [0, 0.1) is 0 Å². The van der Waals surface area contributed by atoms with Crippen molar-refractivity contribution in [2.45, 2.75) is 69.0 Å². The molecule has 176 valence electrons. The lowest BCUT2D eigenvalue weighted by molar-refractivity contribution is -0.0511. The normalized spacial score (nSPS) is 30.0. The Labute approximate surface area is 191 Å². The molecule has 0 spiro atoms. The van der Waals surface area contributed by atoms with Crippen molar-refractivity contribution in [2.75, 3.05) is 11.9 Å². The number of nitrogens with one attached hydrogen (secondary N) is 1. The molecule has 33 heavy (non-hydrogen) atoms. The molecule has 2 fully saturated rings. The number of ether oxygens (including phenoxy) is 2. The molecule has 2 aromatic heterocycles. The number of benzene rings is 1. The topological polar surface area (TPSA) is 135 Å². The van der Waals surface area contributed by atoms with Gasteiger partial charge in [0.05, 0.1) is 31.7 Å². The van der Waals surface area contributed by atoms with Crippen LogP contribution in [0.1, 0.15) is 37.5 Å². The molecule has 0 radical (unpaired) electrons. The largest absolute Gasteiger partial charge is 0.394 e. The Hall–Kier alpha value is -2.63. The molecule has 1 saturated heterocycles. The Morgan fingerprint density at radius 3 is 2.67 bits per heavy atom. The van der Waals surface area contributed by atoms with Gasteiger partial charge in [0.15, 0.2) is 23.2 Å². The van der Waals surface area contributed by atoms with Gasteiger partial charge in [-0.3, -0.25) is 4.57 Å². The van der Waals surface area contributed by atoms with Crippen LogP contribution < -0.4 is 5.32 Å². The maximum absolute atomic E-state index is 10.4. The van der Waals surface area contributed by atoms with Crippen molar-refractivity contribution in [3.63, 3.8) is 0 Å². The third-order valence-electron chi connectivity index (χ3n) is 6.48. The van der Waals surface area contributed by atoms with Crippen molar-refractivity contribution < 1.29 is 24.8 Å². The average Bonchev–Trinajstić information content (AvgIpc) is 3.40. The first-order valence-corrected chi connectivity index (χ1v) is 11.4. The number of imidazole rings is 1. The maximum Gasteiger partial charge on any atom is 0.167 e. The van der Waals surface area contributed by atoms with Crippen LogP contribution in [0.5, 0.6) is 0 Å². The number of aliphatic hydroxyl groups excluding tert-OH is 3. The second-order valence-corrected chi connectivity index (χ2v) is 8.65. The summed E-state index contributed by atoms with van der Waals surface area (Å²) in [4.78, 5) is 13.2. The molecule has 1 saturated carbocycles. The molecule has 3 heterocycles. The van der Waals surface area contributed by atoms with Crippen LogP contribution in [0.15, 0.2) is 43.0 Å². The van der Waals surface area contributed by atoms with Crippen LogP contribution in [0.2, 0.25) is 0 Å². The molecule has 10 nitrogen and oxygen atoms in total. The molecule has 4 N–H and O–H groups in total. The smallest absolute Gasteiger partial charge is 0.167 e. The summed E-state index contributed by atoms with van der Waals surface area (Å²) in [5.41, 5.74) is 2.16. The quantitative estimate of drug-likeness (QED) is 0.417.